The van der Waals surface area contributed by atoms with Gasteiger partial charge < -0.3 is 25.9 Å². The van der Waals surface area contributed by atoms with Crippen molar-refractivity contribution in [3.05, 3.63) is 70.8 Å². The Hall–Kier alpha value is -2.91. The quantitative estimate of drug-likeness (QED) is 0.564. The van der Waals surface area contributed by atoms with E-state index in [0.29, 0.717) is 23.8 Å². The summed E-state index contributed by atoms with van der Waals surface area (Å²) in [6, 6.07) is 18.3. The fourth-order valence-corrected chi connectivity index (χ4v) is 8.60. The minimum atomic E-state index is -5.19. The predicted molar refractivity (Wildman–Crippen MR) is 154 cm³/mol. The summed E-state index contributed by atoms with van der Waals surface area (Å²) < 4.78 is 31.5. The summed E-state index contributed by atoms with van der Waals surface area (Å²) >= 11 is 0. The number of piperidine rings is 1. The smallest absolute Gasteiger partial charge is 0.430 e. The Kier molecular flexibility index (Phi) is 9.81. The zero-order chi connectivity index (χ0) is 30.6. The molecule has 0 bridgehead atoms. The molecule has 1 saturated carbocycles. The number of aliphatic carboxylic acids is 1. The Bertz CT molecular complexity index is 1260. The number of carbonyl (C=O) groups is 2. The highest BCUT2D eigenvalue weighted by atomic mass is 19.4. The number of rotatable bonds is 4. The van der Waals surface area contributed by atoms with Crippen molar-refractivity contribution in [2.24, 2.45) is 11.8 Å². The lowest BCUT2D eigenvalue weighted by Crippen LogP contribution is -2.82. The molecule has 2 saturated heterocycles. The highest BCUT2D eigenvalue weighted by Gasteiger charge is 2.55. The zero-order valence-electron chi connectivity index (χ0n) is 24.9. The number of carboxylic acid groups (broad SMARTS) is 1. The van der Waals surface area contributed by atoms with Crippen LogP contribution in [-0.2, 0) is 28.0 Å². The van der Waals surface area contributed by atoms with E-state index >= 15 is 0 Å². The van der Waals surface area contributed by atoms with E-state index in [0.717, 1.165) is 51.9 Å². The average Bonchev–Trinajstić information content (AvgIpc) is 3.44. The second-order valence-corrected chi connectivity index (χ2v) is 12.9. The number of quaternary nitrogens is 2. The molecule has 43 heavy (non-hydrogen) atoms. The number of alkyl halides is 3. The first-order chi connectivity index (χ1) is 20.7. The lowest BCUT2D eigenvalue weighted by molar-refractivity contribution is -0.640. The zero-order valence-corrected chi connectivity index (χ0v) is 24.9. The van der Waals surface area contributed by atoms with Gasteiger partial charge in [-0.2, -0.15) is 13.2 Å². The van der Waals surface area contributed by atoms with Crippen molar-refractivity contribution in [2.45, 2.75) is 94.3 Å². The van der Waals surface area contributed by atoms with Crippen LogP contribution in [0, 0.1) is 11.8 Å². The Morgan fingerprint density at radius 3 is 2.40 bits per heavy atom. The number of carbonyl (C=O) groups excluding carboxylic acids is 2. The molecule has 2 heterocycles. The van der Waals surface area contributed by atoms with Gasteiger partial charge in [0.2, 0.25) is 5.91 Å². The molecule has 234 valence electrons. The molecule has 2 aromatic carbocycles. The molecule has 5 N–H and O–H groups in total. The molecule has 0 radical (unpaired) electrons. The van der Waals surface area contributed by atoms with Gasteiger partial charge in [0.15, 0.2) is 0 Å². The van der Waals surface area contributed by atoms with Gasteiger partial charge in [0.05, 0.1) is 25.0 Å². The van der Waals surface area contributed by atoms with Gasteiger partial charge in [-0.25, -0.2) is 0 Å². The summed E-state index contributed by atoms with van der Waals surface area (Å²) in [5, 5.41) is 11.2. The SMILES string of the molecule is O=C([O-])C(F)(F)F.[NH3+]Cc1cccc2c1CCC[C@]21C[NH2+]C[C@H]1C(=O)N1CC[C@@H](c2ccccc2)C[C@H]1C1CCCCC1. The summed E-state index contributed by atoms with van der Waals surface area (Å²) in [5.41, 5.74) is 10.1. The average molecular weight is 601 g/mol. The van der Waals surface area contributed by atoms with Gasteiger partial charge >= 0.3 is 6.18 Å². The molecule has 3 fully saturated rings. The van der Waals surface area contributed by atoms with Crippen LogP contribution in [0.3, 0.4) is 0 Å². The van der Waals surface area contributed by atoms with E-state index in [-0.39, 0.29) is 11.3 Å². The molecule has 2 aromatic rings. The summed E-state index contributed by atoms with van der Waals surface area (Å²) in [6.07, 6.45) is 7.19. The van der Waals surface area contributed by atoms with E-state index in [1.807, 2.05) is 0 Å². The second kappa shape index (κ2) is 13.4. The van der Waals surface area contributed by atoms with Crippen molar-refractivity contribution in [1.82, 2.24) is 4.90 Å². The van der Waals surface area contributed by atoms with Crippen LogP contribution in [0.2, 0.25) is 0 Å². The molecule has 0 aromatic heterocycles. The highest BCUT2D eigenvalue weighted by Crippen LogP contribution is 2.47. The molecular formula is C34H45F3N3O3+. The third-order valence-corrected chi connectivity index (χ3v) is 10.6. The third kappa shape index (κ3) is 6.63. The number of fused-ring (bicyclic) bond motifs is 2. The van der Waals surface area contributed by atoms with E-state index in [1.165, 1.54) is 60.8 Å². The maximum Gasteiger partial charge on any atom is 0.430 e. The number of nitrogens with zero attached hydrogens (tertiary/aromatic N) is 1. The number of halogens is 3. The molecule has 9 heteroatoms. The van der Waals surface area contributed by atoms with E-state index in [1.54, 1.807) is 0 Å². The number of nitrogens with two attached hydrogens (primary N) is 1. The standard InChI is InChI=1S/C32H43N3O.C2HF3O2/c33-20-26-13-7-15-28-27(26)14-8-17-32(28)22-34-21-29(32)31(36)35-18-16-25(23-9-3-1-4-10-23)19-30(35)24-11-5-2-6-12-24;3-2(4,5)1(6)7/h1,3-4,7,9-10,13,15,24-25,29-30,34H,2,5-6,8,11-12,14,16-22,33H2;(H,6,7)/p+1/t25-,29+,30+,32+;/m1./s1. The molecule has 1 spiro atoms. The highest BCUT2D eigenvalue weighted by molar-refractivity contribution is 5.82. The number of benzene rings is 2. The first-order valence-corrected chi connectivity index (χ1v) is 16.0. The van der Waals surface area contributed by atoms with Crippen LogP contribution in [0.5, 0.6) is 0 Å². The molecule has 2 aliphatic carbocycles. The maximum absolute atomic E-state index is 14.6. The summed E-state index contributed by atoms with van der Waals surface area (Å²) in [7, 11) is 0. The van der Waals surface area contributed by atoms with Crippen LogP contribution >= 0.6 is 0 Å². The van der Waals surface area contributed by atoms with Crippen LogP contribution < -0.4 is 16.2 Å². The van der Waals surface area contributed by atoms with Crippen LogP contribution in [0.1, 0.15) is 86.0 Å². The Morgan fingerprint density at radius 1 is 1.00 bits per heavy atom. The monoisotopic (exact) mass is 600 g/mol. The largest absolute Gasteiger partial charge is 0.542 e. The number of hydrogen-bond donors (Lipinski definition) is 2. The second-order valence-electron chi connectivity index (χ2n) is 12.9. The molecule has 4 atom stereocenters. The molecule has 4 aliphatic rings. The van der Waals surface area contributed by atoms with Gasteiger partial charge in [0, 0.05) is 18.2 Å². The van der Waals surface area contributed by atoms with E-state index < -0.39 is 12.1 Å². The van der Waals surface area contributed by atoms with Gasteiger partial charge in [-0.3, -0.25) is 4.79 Å². The minimum Gasteiger partial charge on any atom is -0.542 e. The summed E-state index contributed by atoms with van der Waals surface area (Å²) in [4.78, 5) is 25.8. The van der Waals surface area contributed by atoms with Crippen LogP contribution in [0.25, 0.3) is 0 Å². The molecule has 6 nitrogen and oxygen atoms in total. The van der Waals surface area contributed by atoms with Crippen LogP contribution in [-0.4, -0.2) is 48.6 Å². The predicted octanol–water partition coefficient (Wildman–Crippen LogP) is 2.85. The van der Waals surface area contributed by atoms with Crippen molar-refractivity contribution >= 4 is 11.9 Å². The molecule has 1 amide bonds. The van der Waals surface area contributed by atoms with Crippen molar-refractivity contribution in [2.75, 3.05) is 19.6 Å². The van der Waals surface area contributed by atoms with E-state index in [4.69, 9.17) is 9.90 Å². The Morgan fingerprint density at radius 2 is 1.72 bits per heavy atom. The number of amides is 1. The Balaban J connectivity index is 0.000000472. The van der Waals surface area contributed by atoms with Gasteiger partial charge in [-0.15, -0.1) is 0 Å². The first kappa shape index (κ1) is 31.5. The normalized spacial score (nSPS) is 27.7. The van der Waals surface area contributed by atoms with Crippen molar-refractivity contribution in [3.63, 3.8) is 0 Å². The number of likely N-dealkylation sites (tertiary alicyclic amines) is 1. The Labute approximate surface area is 252 Å². The van der Waals surface area contributed by atoms with Crippen molar-refractivity contribution in [1.29, 1.82) is 0 Å². The van der Waals surface area contributed by atoms with Crippen LogP contribution in [0.4, 0.5) is 13.2 Å². The first-order valence-electron chi connectivity index (χ1n) is 16.0. The van der Waals surface area contributed by atoms with Gasteiger partial charge in [0.1, 0.15) is 11.9 Å². The fraction of sp³-hybridized carbons (Fsp3) is 0.588. The maximum atomic E-state index is 14.6. The molecule has 6 rings (SSSR count). The van der Waals surface area contributed by atoms with Gasteiger partial charge in [0.25, 0.3) is 0 Å². The van der Waals surface area contributed by atoms with Crippen LogP contribution in [0.15, 0.2) is 48.5 Å². The summed E-state index contributed by atoms with van der Waals surface area (Å²) in [6.45, 7) is 3.78. The van der Waals surface area contributed by atoms with Crippen molar-refractivity contribution in [3.8, 4) is 0 Å². The van der Waals surface area contributed by atoms with Gasteiger partial charge in [-0.05, 0) is 73.5 Å². The molecular weight excluding hydrogens is 555 g/mol. The lowest BCUT2D eigenvalue weighted by Gasteiger charge is -2.47. The minimum absolute atomic E-state index is 0.00321. The van der Waals surface area contributed by atoms with E-state index in [2.05, 4.69) is 64.5 Å². The topological polar surface area (TPSA) is 105 Å². The fourth-order valence-electron chi connectivity index (χ4n) is 8.60. The third-order valence-electron chi connectivity index (χ3n) is 10.6. The van der Waals surface area contributed by atoms with Gasteiger partial charge in [-0.1, -0.05) is 67.8 Å². The van der Waals surface area contributed by atoms with E-state index in [9.17, 15) is 18.0 Å². The number of carboxylic acids is 1. The summed E-state index contributed by atoms with van der Waals surface area (Å²) in [5.74, 6) is -1.17. The molecule has 2 aliphatic heterocycles. The van der Waals surface area contributed by atoms with Crippen molar-refractivity contribution < 1.29 is 38.9 Å². The lowest BCUT2D eigenvalue weighted by atomic mass is 9.63. The number of hydrogen-bond acceptors (Lipinski definition) is 3. The molecule has 0 unspecified atom stereocenters.